The van der Waals surface area contributed by atoms with E-state index in [-0.39, 0.29) is 0 Å². The summed E-state index contributed by atoms with van der Waals surface area (Å²) in [5.41, 5.74) is -16.5. The lowest BCUT2D eigenvalue weighted by atomic mass is 10.00. The Hall–Kier alpha value is -1.82. The van der Waals surface area contributed by atoms with E-state index in [1.54, 1.807) is 4.74 Å². The number of hydrogen-bond donors (Lipinski definition) is 0. The summed E-state index contributed by atoms with van der Waals surface area (Å²) in [4.78, 5) is 0. The molecule has 0 aromatic carbocycles. The van der Waals surface area contributed by atoms with Gasteiger partial charge in [0.05, 0.1) is 0 Å². The minimum absolute atomic E-state index is 1.66. The van der Waals surface area contributed by atoms with E-state index in [2.05, 4.69) is 11.6 Å². The average Bonchev–Trinajstić information content (AvgIpc) is 2.67. The molecule has 0 aromatic rings. The molecule has 1 rings (SSSR count). The summed E-state index contributed by atoms with van der Waals surface area (Å²) < 4.78 is 306. The minimum Gasteiger partial charge on any atom is -0.458 e. The van der Waals surface area contributed by atoms with Crippen molar-refractivity contribution in [3.63, 3.8) is 0 Å². The van der Waals surface area contributed by atoms with Gasteiger partial charge in [-0.2, -0.15) is 101 Å². The molecule has 0 aromatic heterocycles. The van der Waals surface area contributed by atoms with Crippen molar-refractivity contribution in [2.75, 3.05) is 0 Å². The molecule has 26 heteroatoms. The molecule has 0 N–H and O–H groups in total. The highest BCUT2D eigenvalue weighted by atomic mass is 35.5. The van der Waals surface area contributed by atoms with Gasteiger partial charge in [0, 0.05) is 0 Å². The van der Waals surface area contributed by atoms with Crippen LogP contribution in [0.4, 0.5) is 101 Å². The Kier molecular flexibility index (Phi) is 7.76. The average molecular weight is 661 g/mol. The predicted molar refractivity (Wildman–Crippen MR) is 70.6 cm³/mol. The molecule has 2 nitrogen and oxygen atoms in total. The van der Waals surface area contributed by atoms with Gasteiger partial charge < -0.3 is 9.47 Å². The van der Waals surface area contributed by atoms with Crippen LogP contribution in [0.1, 0.15) is 0 Å². The van der Waals surface area contributed by atoms with Gasteiger partial charge in [0.15, 0.2) is 5.76 Å². The quantitative estimate of drug-likeness (QED) is 0.283. The third-order valence-corrected chi connectivity index (χ3v) is 4.92. The van der Waals surface area contributed by atoms with Crippen molar-refractivity contribution in [3.8, 4) is 0 Å². The largest absolute Gasteiger partial charge is 0.458 e. The highest BCUT2D eigenvalue weighted by molar-refractivity contribution is 6.31. The fourth-order valence-electron chi connectivity index (χ4n) is 2.66. The third kappa shape index (κ3) is 4.48. The Morgan fingerprint density at radius 2 is 0.718 bits per heavy atom. The molecule has 1 atom stereocenters. The molecular formula is C13ClF23O2. The van der Waals surface area contributed by atoms with Crippen LogP contribution >= 0.6 is 11.6 Å². The van der Waals surface area contributed by atoms with Crippen molar-refractivity contribution in [1.29, 1.82) is 0 Å². The second-order valence-corrected chi connectivity index (χ2v) is 7.32. The van der Waals surface area contributed by atoms with Gasteiger partial charge in [0.1, 0.15) is 5.03 Å². The maximum absolute atomic E-state index is 14.7. The van der Waals surface area contributed by atoms with Gasteiger partial charge in [-0.15, -0.1) is 0 Å². The van der Waals surface area contributed by atoms with Crippen LogP contribution in [0.3, 0.4) is 0 Å². The van der Waals surface area contributed by atoms with E-state index in [1.165, 1.54) is 0 Å². The number of hydrogen-bond acceptors (Lipinski definition) is 2. The van der Waals surface area contributed by atoms with Crippen molar-refractivity contribution in [2.24, 2.45) is 0 Å². The summed E-state index contributed by atoms with van der Waals surface area (Å²) in [6.07, 6.45) is -49.3. The maximum Gasteiger partial charge on any atom is 0.447 e. The van der Waals surface area contributed by atoms with Crippen molar-refractivity contribution < 1.29 is 110 Å². The van der Waals surface area contributed by atoms with Gasteiger partial charge in [-0.05, 0) is 0 Å². The first-order valence-electron chi connectivity index (χ1n) is 8.10. The summed E-state index contributed by atoms with van der Waals surface area (Å²) in [6, 6.07) is 0. The van der Waals surface area contributed by atoms with Crippen LogP contribution < -0.4 is 0 Å². The summed E-state index contributed by atoms with van der Waals surface area (Å²) >= 11 is 4.16. The second kappa shape index (κ2) is 8.59. The van der Waals surface area contributed by atoms with E-state index in [9.17, 15) is 101 Å². The highest BCUT2D eigenvalue weighted by Gasteiger charge is 2.94. The number of halogens is 24. The van der Waals surface area contributed by atoms with E-state index >= 15 is 0 Å². The summed E-state index contributed by atoms with van der Waals surface area (Å²) in [7, 11) is 0. The lowest BCUT2D eigenvalue weighted by molar-refractivity contribution is -0.496. The molecule has 0 saturated carbocycles. The summed E-state index contributed by atoms with van der Waals surface area (Å²) in [5, 5.41) is -4.46. The number of ether oxygens (including phenoxy) is 2. The van der Waals surface area contributed by atoms with Crippen LogP contribution in [0.2, 0.25) is 0 Å². The van der Waals surface area contributed by atoms with Crippen molar-refractivity contribution in [1.82, 2.24) is 0 Å². The summed E-state index contributed by atoms with van der Waals surface area (Å²) in [5.74, 6) is -28.1. The molecule has 0 radical (unpaired) electrons. The van der Waals surface area contributed by atoms with Crippen LogP contribution in [-0.4, -0.2) is 66.0 Å². The van der Waals surface area contributed by atoms with Crippen LogP contribution in [0.25, 0.3) is 0 Å². The van der Waals surface area contributed by atoms with Gasteiger partial charge in [-0.3, -0.25) is 0 Å². The molecule has 1 aliphatic rings. The lowest BCUT2D eigenvalue weighted by Crippen LogP contribution is -2.72. The molecule has 0 spiro atoms. The van der Waals surface area contributed by atoms with Crippen molar-refractivity contribution >= 4 is 11.6 Å². The molecule has 0 saturated heterocycles. The molecular weight excluding hydrogens is 661 g/mol. The smallest absolute Gasteiger partial charge is 0.447 e. The molecule has 0 amide bonds. The van der Waals surface area contributed by atoms with Crippen LogP contribution in [0, 0.1) is 0 Å². The molecule has 1 aliphatic carbocycles. The molecule has 0 fully saturated rings. The van der Waals surface area contributed by atoms with E-state index in [0.29, 0.717) is 0 Å². The van der Waals surface area contributed by atoms with E-state index in [1.807, 2.05) is 4.74 Å². The number of alkyl halides is 23. The third-order valence-electron chi connectivity index (χ3n) is 4.51. The molecule has 39 heavy (non-hydrogen) atoms. The Balaban J connectivity index is 4.27. The van der Waals surface area contributed by atoms with Gasteiger partial charge in [-0.25, -0.2) is 0 Å². The fourth-order valence-corrected chi connectivity index (χ4v) is 2.97. The monoisotopic (exact) mass is 660 g/mol. The van der Waals surface area contributed by atoms with E-state index < -0.39 is 76.8 Å². The van der Waals surface area contributed by atoms with Gasteiger partial charge >= 0.3 is 66.0 Å². The van der Waals surface area contributed by atoms with E-state index in [0.717, 1.165) is 0 Å². The lowest BCUT2D eigenvalue weighted by Gasteiger charge is -2.42. The summed E-state index contributed by atoms with van der Waals surface area (Å²) in [6.45, 7) is 0. The van der Waals surface area contributed by atoms with E-state index in [4.69, 9.17) is 0 Å². The Morgan fingerprint density at radius 1 is 0.462 bits per heavy atom. The first-order chi connectivity index (χ1) is 16.5. The second-order valence-electron chi connectivity index (χ2n) is 6.94. The zero-order valence-electron chi connectivity index (χ0n) is 16.4. The number of allylic oxidation sites excluding steroid dienone is 1. The maximum atomic E-state index is 14.7. The Labute approximate surface area is 200 Å². The predicted octanol–water partition coefficient (Wildman–Crippen LogP) is 8.27. The SMILES string of the molecule is FC(F)(F)C(OC1=C(Cl)C(F)(OC(C(F)(F)F)(C(F)(F)F)C(F)(F)F)C(F)(F)C1(F)F)(C(F)(F)F)C(F)(F)F. The van der Waals surface area contributed by atoms with Gasteiger partial charge in [0.2, 0.25) is 0 Å². The molecule has 0 aliphatic heterocycles. The highest BCUT2D eigenvalue weighted by Crippen LogP contribution is 2.67. The van der Waals surface area contributed by atoms with Crippen LogP contribution in [0.15, 0.2) is 10.8 Å². The standard InChI is InChI=1S/C13ClF23O2/c14-1-2(38-5(8(20,21)22,9(23,24)25)10(26,27)28)3(15,16)7(18,19)4(1,17)39-6(11(29,30)31,12(32,33)34)13(35,36)37. The van der Waals surface area contributed by atoms with Crippen molar-refractivity contribution in [2.45, 2.75) is 66.0 Å². The van der Waals surface area contributed by atoms with Gasteiger partial charge in [0.25, 0.3) is 0 Å². The first-order valence-corrected chi connectivity index (χ1v) is 8.48. The fraction of sp³-hybridized carbons (Fsp3) is 0.846. The zero-order chi connectivity index (χ0) is 32.1. The van der Waals surface area contributed by atoms with Crippen LogP contribution in [-0.2, 0) is 9.47 Å². The minimum atomic E-state index is -8.37. The normalized spacial score (nSPS) is 23.9. The van der Waals surface area contributed by atoms with Crippen LogP contribution in [0.5, 0.6) is 0 Å². The topological polar surface area (TPSA) is 18.5 Å². The number of rotatable bonds is 4. The molecule has 0 heterocycles. The van der Waals surface area contributed by atoms with Gasteiger partial charge in [-0.1, -0.05) is 11.6 Å². The Morgan fingerprint density at radius 3 is 0.949 bits per heavy atom. The zero-order valence-corrected chi connectivity index (χ0v) is 17.1. The van der Waals surface area contributed by atoms with Crippen molar-refractivity contribution in [3.05, 3.63) is 10.8 Å². The first kappa shape index (κ1) is 35.2. The molecule has 232 valence electrons. The Bertz CT molecular complexity index is 899. The molecule has 1 unspecified atom stereocenters. The molecule has 0 bridgehead atoms.